The number of rotatable bonds is 3. The van der Waals surface area contributed by atoms with Gasteiger partial charge < -0.3 is 15.0 Å². The van der Waals surface area contributed by atoms with Crippen molar-refractivity contribution in [3.8, 4) is 5.75 Å². The molecule has 7 heteroatoms. The first-order valence-corrected chi connectivity index (χ1v) is 10.4. The molecule has 0 radical (unpaired) electrons. The van der Waals surface area contributed by atoms with E-state index in [1.807, 2.05) is 31.2 Å². The van der Waals surface area contributed by atoms with Crippen LogP contribution in [0.2, 0.25) is 0 Å². The number of fused-ring (bicyclic) bond motifs is 1. The highest BCUT2D eigenvalue weighted by atomic mass is 19.1. The van der Waals surface area contributed by atoms with Crippen LogP contribution in [0, 0.1) is 11.7 Å². The number of hydrogen-bond acceptors (Lipinski definition) is 3. The highest BCUT2D eigenvalue weighted by molar-refractivity contribution is 5.95. The maximum Gasteiger partial charge on any atom is 0.324 e. The minimum absolute atomic E-state index is 0.0292. The lowest BCUT2D eigenvalue weighted by atomic mass is 9.96. The predicted molar refractivity (Wildman–Crippen MR) is 113 cm³/mol. The van der Waals surface area contributed by atoms with Crippen LogP contribution in [0.15, 0.2) is 48.5 Å². The Morgan fingerprint density at radius 1 is 1.13 bits per heavy atom. The van der Waals surface area contributed by atoms with Crippen LogP contribution in [-0.2, 0) is 4.79 Å². The molecule has 2 heterocycles. The fraction of sp³-hybridized carbons (Fsp3) is 0.391. The van der Waals surface area contributed by atoms with Gasteiger partial charge in [-0.1, -0.05) is 25.1 Å². The summed E-state index contributed by atoms with van der Waals surface area (Å²) in [6.07, 6.45) is 1.95. The summed E-state index contributed by atoms with van der Waals surface area (Å²) in [6.45, 7) is 3.59. The molecule has 1 saturated heterocycles. The third kappa shape index (κ3) is 4.25. The number of para-hydroxylation sites is 2. The third-order valence-electron chi connectivity index (χ3n) is 5.75. The second kappa shape index (κ2) is 8.73. The summed E-state index contributed by atoms with van der Waals surface area (Å²) in [5.74, 6) is 0.0193. The van der Waals surface area contributed by atoms with Crippen molar-refractivity contribution in [3.63, 3.8) is 0 Å². The van der Waals surface area contributed by atoms with Crippen LogP contribution in [0.5, 0.6) is 5.75 Å². The Morgan fingerprint density at radius 2 is 1.90 bits per heavy atom. The number of nitrogens with one attached hydrogen (secondary N) is 1. The van der Waals surface area contributed by atoms with E-state index in [1.54, 1.807) is 21.9 Å². The first-order valence-electron chi connectivity index (χ1n) is 10.4. The van der Waals surface area contributed by atoms with E-state index in [4.69, 9.17) is 4.74 Å². The fourth-order valence-electron chi connectivity index (χ4n) is 4.01. The van der Waals surface area contributed by atoms with Crippen molar-refractivity contribution in [2.45, 2.75) is 32.3 Å². The minimum atomic E-state index is -0.385. The summed E-state index contributed by atoms with van der Waals surface area (Å²) in [7, 11) is 0. The quantitative estimate of drug-likeness (QED) is 0.820. The molecule has 1 N–H and O–H groups in total. The smallest absolute Gasteiger partial charge is 0.324 e. The lowest BCUT2D eigenvalue weighted by Crippen LogP contribution is -2.52. The summed E-state index contributed by atoms with van der Waals surface area (Å²) < 4.78 is 19.3. The molecular formula is C23H26FN3O3. The average molecular weight is 411 g/mol. The molecular weight excluding hydrogens is 385 g/mol. The van der Waals surface area contributed by atoms with Gasteiger partial charge in [0.05, 0.1) is 12.2 Å². The molecule has 1 unspecified atom stereocenters. The molecule has 2 aliphatic heterocycles. The van der Waals surface area contributed by atoms with Crippen LogP contribution in [0.4, 0.5) is 20.6 Å². The van der Waals surface area contributed by atoms with Crippen molar-refractivity contribution in [1.29, 1.82) is 0 Å². The van der Waals surface area contributed by atoms with Gasteiger partial charge in [0.1, 0.15) is 17.7 Å². The number of piperidine rings is 1. The van der Waals surface area contributed by atoms with Crippen LogP contribution in [0.1, 0.15) is 26.2 Å². The molecule has 0 aromatic heterocycles. The summed E-state index contributed by atoms with van der Waals surface area (Å²) in [6, 6.07) is 13.4. The molecule has 6 nitrogen and oxygen atoms in total. The highest BCUT2D eigenvalue weighted by Gasteiger charge is 2.34. The van der Waals surface area contributed by atoms with Crippen molar-refractivity contribution < 1.29 is 18.7 Å². The molecule has 158 valence electrons. The lowest BCUT2D eigenvalue weighted by Gasteiger charge is -2.39. The SMILES string of the molecule is CCC1CN(C(=O)N2CCC(C(=O)Nc3cccc(F)c3)CC2)c2ccccc2O1. The summed E-state index contributed by atoms with van der Waals surface area (Å²) in [5.41, 5.74) is 1.24. The van der Waals surface area contributed by atoms with E-state index >= 15 is 0 Å². The van der Waals surface area contributed by atoms with Crippen molar-refractivity contribution in [3.05, 3.63) is 54.3 Å². The van der Waals surface area contributed by atoms with E-state index < -0.39 is 0 Å². The Morgan fingerprint density at radius 3 is 2.63 bits per heavy atom. The molecule has 30 heavy (non-hydrogen) atoms. The van der Waals surface area contributed by atoms with E-state index in [9.17, 15) is 14.0 Å². The Labute approximate surface area is 175 Å². The number of nitrogens with zero attached hydrogens (tertiary/aromatic N) is 2. The van der Waals surface area contributed by atoms with Gasteiger partial charge in [0, 0.05) is 24.7 Å². The molecule has 2 aromatic carbocycles. The summed E-state index contributed by atoms with van der Waals surface area (Å²) in [4.78, 5) is 29.4. The van der Waals surface area contributed by atoms with E-state index in [1.165, 1.54) is 12.1 Å². The number of ether oxygens (including phenoxy) is 1. The number of carbonyl (C=O) groups is 2. The molecule has 2 aliphatic rings. The standard InChI is InChI=1S/C23H26FN3O3/c1-2-19-15-27(20-8-3-4-9-21(20)30-19)23(29)26-12-10-16(11-13-26)22(28)25-18-7-5-6-17(24)14-18/h3-9,14,16,19H,2,10-13,15H2,1H3,(H,25,28). The minimum Gasteiger partial charge on any atom is -0.486 e. The number of anilines is 2. The van der Waals surface area contributed by atoms with Crippen molar-refractivity contribution in [2.24, 2.45) is 5.92 Å². The van der Waals surface area contributed by atoms with E-state index in [-0.39, 0.29) is 29.8 Å². The Bertz CT molecular complexity index is 927. The molecule has 0 bridgehead atoms. The first kappa shape index (κ1) is 20.2. The van der Waals surface area contributed by atoms with Crippen LogP contribution >= 0.6 is 0 Å². The van der Waals surface area contributed by atoms with Gasteiger partial charge in [-0.3, -0.25) is 9.69 Å². The van der Waals surface area contributed by atoms with Crippen LogP contribution in [-0.4, -0.2) is 42.6 Å². The van der Waals surface area contributed by atoms with Crippen molar-refractivity contribution in [1.82, 2.24) is 4.90 Å². The molecule has 3 amide bonds. The van der Waals surface area contributed by atoms with Gasteiger partial charge in [0.2, 0.25) is 5.91 Å². The molecule has 4 rings (SSSR count). The zero-order valence-corrected chi connectivity index (χ0v) is 17.0. The number of likely N-dealkylation sites (tertiary alicyclic amines) is 1. The van der Waals surface area contributed by atoms with Gasteiger partial charge in [-0.25, -0.2) is 9.18 Å². The van der Waals surface area contributed by atoms with E-state index in [0.717, 1.165) is 17.9 Å². The Balaban J connectivity index is 1.38. The number of carbonyl (C=O) groups excluding carboxylic acids is 2. The maximum atomic E-state index is 13.3. The van der Waals surface area contributed by atoms with Gasteiger partial charge in [0.15, 0.2) is 0 Å². The molecule has 0 saturated carbocycles. The largest absolute Gasteiger partial charge is 0.486 e. The number of benzene rings is 2. The number of amides is 3. The van der Waals surface area contributed by atoms with E-state index in [0.29, 0.717) is 38.2 Å². The van der Waals surface area contributed by atoms with Crippen molar-refractivity contribution in [2.75, 3.05) is 29.9 Å². The van der Waals surface area contributed by atoms with Gasteiger partial charge >= 0.3 is 6.03 Å². The Kier molecular flexibility index (Phi) is 5.88. The number of halogens is 1. The maximum absolute atomic E-state index is 13.3. The van der Waals surface area contributed by atoms with Crippen LogP contribution in [0.25, 0.3) is 0 Å². The molecule has 0 spiro atoms. The second-order valence-corrected chi connectivity index (χ2v) is 7.77. The normalized spacial score (nSPS) is 19.1. The average Bonchev–Trinajstić information content (AvgIpc) is 2.78. The van der Waals surface area contributed by atoms with Gasteiger partial charge in [-0.05, 0) is 49.6 Å². The van der Waals surface area contributed by atoms with Gasteiger partial charge in [0.25, 0.3) is 0 Å². The van der Waals surface area contributed by atoms with Gasteiger partial charge in [-0.15, -0.1) is 0 Å². The fourth-order valence-corrected chi connectivity index (χ4v) is 4.01. The van der Waals surface area contributed by atoms with Crippen LogP contribution in [0.3, 0.4) is 0 Å². The highest BCUT2D eigenvalue weighted by Crippen LogP contribution is 2.35. The second-order valence-electron chi connectivity index (χ2n) is 7.77. The lowest BCUT2D eigenvalue weighted by molar-refractivity contribution is -0.121. The van der Waals surface area contributed by atoms with Crippen molar-refractivity contribution >= 4 is 23.3 Å². The Hall–Kier alpha value is -3.09. The monoisotopic (exact) mass is 411 g/mol. The molecule has 1 atom stereocenters. The first-order chi connectivity index (χ1) is 14.5. The molecule has 1 fully saturated rings. The topological polar surface area (TPSA) is 61.9 Å². The summed E-state index contributed by atoms with van der Waals surface area (Å²) in [5, 5.41) is 2.78. The predicted octanol–water partition coefficient (Wildman–Crippen LogP) is 4.27. The number of hydrogen-bond donors (Lipinski definition) is 1. The number of urea groups is 1. The third-order valence-corrected chi connectivity index (χ3v) is 5.75. The molecule has 2 aromatic rings. The van der Waals surface area contributed by atoms with Gasteiger partial charge in [-0.2, -0.15) is 0 Å². The summed E-state index contributed by atoms with van der Waals surface area (Å²) >= 11 is 0. The van der Waals surface area contributed by atoms with E-state index in [2.05, 4.69) is 5.32 Å². The van der Waals surface area contributed by atoms with Crippen LogP contribution < -0.4 is 15.0 Å². The zero-order chi connectivity index (χ0) is 21.1. The zero-order valence-electron chi connectivity index (χ0n) is 17.0. The molecule has 0 aliphatic carbocycles.